The van der Waals surface area contributed by atoms with Crippen molar-refractivity contribution in [1.82, 2.24) is 14.8 Å². The first-order chi connectivity index (χ1) is 13.4. The molecule has 10 heteroatoms. The summed E-state index contributed by atoms with van der Waals surface area (Å²) in [6.45, 7) is 7.99. The minimum absolute atomic E-state index is 0.0285. The molecule has 0 unspecified atom stereocenters. The van der Waals surface area contributed by atoms with Crippen molar-refractivity contribution in [3.8, 4) is 0 Å². The summed E-state index contributed by atoms with van der Waals surface area (Å²) in [5.74, 6) is 1.69. The summed E-state index contributed by atoms with van der Waals surface area (Å²) in [5, 5.41) is 9.97. The zero-order valence-electron chi connectivity index (χ0n) is 16.0. The Balaban J connectivity index is 1.69. The molecule has 28 heavy (non-hydrogen) atoms. The van der Waals surface area contributed by atoms with Gasteiger partial charge in [0.25, 0.3) is 0 Å². The Labute approximate surface area is 175 Å². The maximum atomic E-state index is 12.5. The number of nitrogens with zero attached hydrogens (tertiary/aromatic N) is 4. The predicted molar refractivity (Wildman–Crippen MR) is 112 cm³/mol. The molecule has 0 aliphatic carbocycles. The van der Waals surface area contributed by atoms with E-state index in [1.54, 1.807) is 24.3 Å². The van der Waals surface area contributed by atoms with Crippen LogP contribution in [0.4, 0.5) is 5.95 Å². The number of halogens is 1. The molecule has 1 aromatic heterocycles. The van der Waals surface area contributed by atoms with E-state index in [0.717, 1.165) is 30.7 Å². The van der Waals surface area contributed by atoms with Crippen LogP contribution in [-0.2, 0) is 21.1 Å². The van der Waals surface area contributed by atoms with Crippen molar-refractivity contribution in [1.29, 1.82) is 0 Å². The number of ether oxygens (including phenoxy) is 1. The fourth-order valence-corrected chi connectivity index (χ4v) is 5.63. The molecule has 2 heterocycles. The second-order valence-electron chi connectivity index (χ2n) is 7.01. The molecule has 154 valence electrons. The maximum absolute atomic E-state index is 12.5. The Bertz CT molecular complexity index is 879. The molecule has 1 fully saturated rings. The number of aromatic nitrogens is 3. The van der Waals surface area contributed by atoms with E-state index >= 15 is 0 Å². The molecule has 1 aromatic carbocycles. The highest BCUT2D eigenvalue weighted by molar-refractivity contribution is 8.00. The van der Waals surface area contributed by atoms with Gasteiger partial charge in [0.2, 0.25) is 5.95 Å². The molecule has 0 saturated carbocycles. The first kappa shape index (κ1) is 21.4. The highest BCUT2D eigenvalue weighted by atomic mass is 35.5. The molecule has 2 aromatic rings. The Morgan fingerprint density at radius 3 is 2.50 bits per heavy atom. The second-order valence-corrected chi connectivity index (χ2v) is 10.6. The number of sulfone groups is 1. The van der Waals surface area contributed by atoms with Crippen LogP contribution in [0.15, 0.2) is 34.3 Å². The summed E-state index contributed by atoms with van der Waals surface area (Å²) in [5.41, 5.74) is 0. The van der Waals surface area contributed by atoms with Crippen molar-refractivity contribution in [2.45, 2.75) is 30.4 Å². The third-order valence-electron chi connectivity index (χ3n) is 4.29. The lowest BCUT2D eigenvalue weighted by Crippen LogP contribution is -2.38. The van der Waals surface area contributed by atoms with Gasteiger partial charge in [-0.05, 0) is 30.2 Å². The van der Waals surface area contributed by atoms with Gasteiger partial charge in [0.15, 0.2) is 15.0 Å². The lowest BCUT2D eigenvalue weighted by molar-refractivity contribution is 0.121. The average molecular weight is 445 g/mol. The number of benzene rings is 1. The molecule has 1 aliphatic rings. The van der Waals surface area contributed by atoms with Crippen LogP contribution in [-0.4, -0.2) is 61.0 Å². The van der Waals surface area contributed by atoms with Gasteiger partial charge in [-0.2, -0.15) is 0 Å². The van der Waals surface area contributed by atoms with E-state index in [1.165, 1.54) is 11.8 Å². The molecule has 3 rings (SSSR count). The van der Waals surface area contributed by atoms with Gasteiger partial charge in [-0.1, -0.05) is 37.2 Å². The Morgan fingerprint density at radius 2 is 1.86 bits per heavy atom. The summed E-state index contributed by atoms with van der Waals surface area (Å²) >= 11 is 7.27. The van der Waals surface area contributed by atoms with E-state index in [0.29, 0.717) is 29.9 Å². The molecule has 1 saturated heterocycles. The SMILES string of the molecule is CC(C)Cn1c(SCCS(=O)(=O)c2ccc(Cl)cc2)nnc1N1CCOCC1. The lowest BCUT2D eigenvalue weighted by Gasteiger charge is -2.28. The summed E-state index contributed by atoms with van der Waals surface area (Å²) in [6, 6.07) is 6.27. The van der Waals surface area contributed by atoms with Crippen molar-refractivity contribution < 1.29 is 13.2 Å². The molecule has 0 bridgehead atoms. The van der Waals surface area contributed by atoms with Crippen LogP contribution >= 0.6 is 23.4 Å². The molecule has 0 amide bonds. The summed E-state index contributed by atoms with van der Waals surface area (Å²) in [6.07, 6.45) is 0. The molecule has 1 aliphatic heterocycles. The molecule has 0 N–H and O–H groups in total. The van der Waals surface area contributed by atoms with Gasteiger partial charge in [0.05, 0.1) is 23.9 Å². The van der Waals surface area contributed by atoms with E-state index in [4.69, 9.17) is 16.3 Å². The first-order valence-electron chi connectivity index (χ1n) is 9.24. The van der Waals surface area contributed by atoms with Crippen molar-refractivity contribution in [3.63, 3.8) is 0 Å². The van der Waals surface area contributed by atoms with Crippen molar-refractivity contribution >= 4 is 39.1 Å². The molecule has 7 nitrogen and oxygen atoms in total. The zero-order valence-corrected chi connectivity index (χ0v) is 18.4. The minimum atomic E-state index is -3.36. The molecular formula is C18H25ClN4O3S2. The minimum Gasteiger partial charge on any atom is -0.378 e. The van der Waals surface area contributed by atoms with Crippen LogP contribution < -0.4 is 4.90 Å². The summed E-state index contributed by atoms with van der Waals surface area (Å²) in [7, 11) is -3.36. The average Bonchev–Trinajstić information content (AvgIpc) is 3.04. The van der Waals surface area contributed by atoms with Crippen LogP contribution in [0.1, 0.15) is 13.8 Å². The zero-order chi connectivity index (χ0) is 20.1. The smallest absolute Gasteiger partial charge is 0.228 e. The topological polar surface area (TPSA) is 77.3 Å². The van der Waals surface area contributed by atoms with Gasteiger partial charge in [0, 0.05) is 30.4 Å². The van der Waals surface area contributed by atoms with E-state index in [2.05, 4.69) is 33.5 Å². The third-order valence-corrected chi connectivity index (χ3v) is 7.51. The quantitative estimate of drug-likeness (QED) is 0.579. The monoisotopic (exact) mass is 444 g/mol. The van der Waals surface area contributed by atoms with Crippen LogP contribution in [0.25, 0.3) is 0 Å². The number of rotatable bonds is 8. The Kier molecular flexibility index (Phi) is 7.25. The van der Waals surface area contributed by atoms with E-state index in [-0.39, 0.29) is 10.6 Å². The molecule has 0 spiro atoms. The van der Waals surface area contributed by atoms with E-state index < -0.39 is 9.84 Å². The first-order valence-corrected chi connectivity index (χ1v) is 12.3. The highest BCUT2D eigenvalue weighted by Gasteiger charge is 2.22. The van der Waals surface area contributed by atoms with Crippen LogP contribution in [0.5, 0.6) is 0 Å². The number of morpholine rings is 1. The number of hydrogen-bond donors (Lipinski definition) is 0. The van der Waals surface area contributed by atoms with Gasteiger partial charge in [-0.15, -0.1) is 10.2 Å². The third kappa shape index (κ3) is 5.40. The lowest BCUT2D eigenvalue weighted by atomic mass is 10.2. The van der Waals surface area contributed by atoms with Crippen molar-refractivity contribution in [2.24, 2.45) is 5.92 Å². The number of thioether (sulfide) groups is 1. The Hall–Kier alpha value is -1.29. The fourth-order valence-electron chi connectivity index (χ4n) is 2.91. The largest absolute Gasteiger partial charge is 0.378 e. The molecular weight excluding hydrogens is 420 g/mol. The van der Waals surface area contributed by atoms with Crippen molar-refractivity contribution in [2.75, 3.05) is 42.7 Å². The fraction of sp³-hybridized carbons (Fsp3) is 0.556. The van der Waals surface area contributed by atoms with E-state index in [9.17, 15) is 8.42 Å². The highest BCUT2D eigenvalue weighted by Crippen LogP contribution is 2.25. The standard InChI is InChI=1S/C18H25ClN4O3S2/c1-14(2)13-23-17(22-7-9-26-10-8-22)20-21-18(23)27-11-12-28(24,25)16-5-3-15(19)4-6-16/h3-6,14H,7-13H2,1-2H3. The van der Waals surface area contributed by atoms with Gasteiger partial charge in [0.1, 0.15) is 0 Å². The predicted octanol–water partition coefficient (Wildman–Crippen LogP) is 2.99. The van der Waals surface area contributed by atoms with Gasteiger partial charge in [-0.25, -0.2) is 8.42 Å². The van der Waals surface area contributed by atoms with Crippen molar-refractivity contribution in [3.05, 3.63) is 29.3 Å². The van der Waals surface area contributed by atoms with Crippen LogP contribution in [0.3, 0.4) is 0 Å². The van der Waals surface area contributed by atoms with Gasteiger partial charge in [-0.3, -0.25) is 4.57 Å². The maximum Gasteiger partial charge on any atom is 0.228 e. The van der Waals surface area contributed by atoms with Crippen LogP contribution in [0, 0.1) is 5.92 Å². The number of anilines is 1. The summed E-state index contributed by atoms with van der Waals surface area (Å²) in [4.78, 5) is 2.46. The molecule has 0 radical (unpaired) electrons. The van der Waals surface area contributed by atoms with Gasteiger partial charge < -0.3 is 9.64 Å². The molecule has 0 atom stereocenters. The van der Waals surface area contributed by atoms with Gasteiger partial charge >= 0.3 is 0 Å². The van der Waals surface area contributed by atoms with Crippen LogP contribution in [0.2, 0.25) is 5.02 Å². The second kappa shape index (κ2) is 9.47. The summed E-state index contributed by atoms with van der Waals surface area (Å²) < 4.78 is 32.6. The normalized spacial score (nSPS) is 15.4. The Morgan fingerprint density at radius 1 is 1.18 bits per heavy atom. The number of hydrogen-bond acceptors (Lipinski definition) is 7. The van der Waals surface area contributed by atoms with E-state index in [1.807, 2.05) is 0 Å².